The van der Waals surface area contributed by atoms with Gasteiger partial charge in [0.15, 0.2) is 0 Å². The summed E-state index contributed by atoms with van der Waals surface area (Å²) in [6, 6.07) is 24.2. The minimum Gasteiger partial charge on any atom is -0.352 e. The number of amides is 1. The van der Waals surface area contributed by atoms with E-state index in [9.17, 15) is 17.6 Å². The van der Waals surface area contributed by atoms with E-state index in [2.05, 4.69) is 10.0 Å². The largest absolute Gasteiger partial charge is 0.352 e. The van der Waals surface area contributed by atoms with Gasteiger partial charge in [-0.05, 0) is 29.8 Å². The summed E-state index contributed by atoms with van der Waals surface area (Å²) in [4.78, 5) is 12.3. The monoisotopic (exact) mass is 492 g/mol. The Labute approximate surface area is 203 Å². The maximum atomic E-state index is 13.0. The van der Waals surface area contributed by atoms with E-state index >= 15 is 0 Å². The van der Waals surface area contributed by atoms with Gasteiger partial charge >= 0.3 is 0 Å². The molecule has 0 atom stereocenters. The molecule has 4 aromatic rings. The highest BCUT2D eigenvalue weighted by atomic mass is 32.2. The molecule has 1 aromatic heterocycles. The highest BCUT2D eigenvalue weighted by Gasteiger charge is 2.15. The van der Waals surface area contributed by atoms with Crippen molar-refractivity contribution in [1.82, 2.24) is 19.8 Å². The molecule has 0 saturated heterocycles. The predicted molar refractivity (Wildman–Crippen MR) is 131 cm³/mol. The second kappa shape index (κ2) is 11.1. The third-order valence-electron chi connectivity index (χ3n) is 5.32. The molecule has 180 valence electrons. The van der Waals surface area contributed by atoms with Crippen LogP contribution in [0, 0.1) is 5.82 Å². The Morgan fingerprint density at radius 1 is 0.914 bits per heavy atom. The lowest BCUT2D eigenvalue weighted by molar-refractivity contribution is -0.121. The predicted octanol–water partition coefficient (Wildman–Crippen LogP) is 3.72. The molecule has 0 unspecified atom stereocenters. The fourth-order valence-corrected chi connectivity index (χ4v) is 4.59. The number of hydrogen-bond acceptors (Lipinski definition) is 4. The fraction of sp³-hybridized carbons (Fsp3) is 0.154. The maximum Gasteiger partial charge on any atom is 0.240 e. The Bertz CT molecular complexity index is 1370. The van der Waals surface area contributed by atoms with Crippen molar-refractivity contribution < 1.29 is 17.6 Å². The Morgan fingerprint density at radius 3 is 2.26 bits per heavy atom. The standard InChI is InChI=1S/C26H25FN4O3S/c27-23-11-13-24(14-12-23)35(33,34)29-16-15-25(32)28-17-22-19-31(18-20-7-3-1-4-8-20)30-26(22)21-9-5-2-6-10-21/h1-14,19,29H,15-18H2,(H,28,32). The summed E-state index contributed by atoms with van der Waals surface area (Å²) in [5.74, 6) is -0.827. The highest BCUT2D eigenvalue weighted by Crippen LogP contribution is 2.22. The van der Waals surface area contributed by atoms with E-state index < -0.39 is 15.8 Å². The van der Waals surface area contributed by atoms with Crippen molar-refractivity contribution in [1.29, 1.82) is 0 Å². The number of nitrogens with zero attached hydrogens (tertiary/aromatic N) is 2. The Balaban J connectivity index is 1.38. The van der Waals surface area contributed by atoms with Crippen LogP contribution in [0.1, 0.15) is 17.5 Å². The Hall–Kier alpha value is -3.82. The van der Waals surface area contributed by atoms with Crippen LogP contribution in [0.4, 0.5) is 4.39 Å². The van der Waals surface area contributed by atoms with Crippen molar-refractivity contribution in [2.24, 2.45) is 0 Å². The molecule has 0 saturated carbocycles. The van der Waals surface area contributed by atoms with E-state index in [1.165, 1.54) is 12.1 Å². The van der Waals surface area contributed by atoms with Crippen LogP contribution in [0.5, 0.6) is 0 Å². The number of benzene rings is 3. The van der Waals surface area contributed by atoms with E-state index in [1.54, 1.807) is 0 Å². The molecule has 0 radical (unpaired) electrons. The van der Waals surface area contributed by atoms with Crippen LogP contribution in [-0.2, 0) is 27.9 Å². The van der Waals surface area contributed by atoms with Crippen molar-refractivity contribution in [2.45, 2.75) is 24.4 Å². The number of carbonyl (C=O) groups excluding carboxylic acids is 1. The zero-order valence-corrected chi connectivity index (χ0v) is 19.7. The highest BCUT2D eigenvalue weighted by molar-refractivity contribution is 7.89. The van der Waals surface area contributed by atoms with Gasteiger partial charge in [-0.3, -0.25) is 9.48 Å². The third kappa shape index (κ3) is 6.62. The number of sulfonamides is 1. The maximum absolute atomic E-state index is 13.0. The summed E-state index contributed by atoms with van der Waals surface area (Å²) in [6.45, 7) is 0.771. The Morgan fingerprint density at radius 2 is 1.57 bits per heavy atom. The minimum absolute atomic E-state index is 0.0424. The summed E-state index contributed by atoms with van der Waals surface area (Å²) in [5.41, 5.74) is 3.68. The minimum atomic E-state index is -3.82. The third-order valence-corrected chi connectivity index (χ3v) is 6.79. The first kappa shape index (κ1) is 24.3. The topological polar surface area (TPSA) is 93.1 Å². The first-order valence-electron chi connectivity index (χ1n) is 11.1. The van der Waals surface area contributed by atoms with E-state index in [0.29, 0.717) is 6.54 Å². The van der Waals surface area contributed by atoms with Crippen molar-refractivity contribution >= 4 is 15.9 Å². The van der Waals surface area contributed by atoms with Crippen LogP contribution >= 0.6 is 0 Å². The summed E-state index contributed by atoms with van der Waals surface area (Å²) in [5, 5.41) is 7.58. The van der Waals surface area contributed by atoms with Gasteiger partial charge in [-0.1, -0.05) is 60.7 Å². The Kier molecular flexibility index (Phi) is 7.69. The molecule has 4 rings (SSSR count). The number of hydrogen-bond donors (Lipinski definition) is 2. The molecular weight excluding hydrogens is 467 g/mol. The molecule has 9 heteroatoms. The lowest BCUT2D eigenvalue weighted by atomic mass is 10.1. The van der Waals surface area contributed by atoms with E-state index in [0.717, 1.165) is 34.5 Å². The second-order valence-corrected chi connectivity index (χ2v) is 9.70. The molecule has 0 spiro atoms. The second-order valence-electron chi connectivity index (χ2n) is 7.93. The van der Waals surface area contributed by atoms with E-state index in [4.69, 9.17) is 5.10 Å². The molecule has 7 nitrogen and oxygen atoms in total. The molecule has 1 heterocycles. The molecular formula is C26H25FN4O3S. The van der Waals surface area contributed by atoms with Gasteiger partial charge in [-0.15, -0.1) is 0 Å². The van der Waals surface area contributed by atoms with E-state index in [1.807, 2.05) is 71.5 Å². The first-order chi connectivity index (χ1) is 16.9. The molecule has 0 aliphatic rings. The molecule has 2 N–H and O–H groups in total. The quantitative estimate of drug-likeness (QED) is 0.353. The van der Waals surface area contributed by atoms with Crippen molar-refractivity contribution in [3.8, 4) is 11.3 Å². The zero-order chi connectivity index (χ0) is 24.7. The summed E-state index contributed by atoms with van der Waals surface area (Å²) in [6.07, 6.45) is 1.87. The van der Waals surface area contributed by atoms with Crippen molar-refractivity contribution in [3.05, 3.63) is 108 Å². The normalized spacial score (nSPS) is 11.3. The molecule has 0 fully saturated rings. The summed E-state index contributed by atoms with van der Waals surface area (Å²) >= 11 is 0. The van der Waals surface area contributed by atoms with Gasteiger partial charge in [0.25, 0.3) is 0 Å². The van der Waals surface area contributed by atoms with Crippen LogP contribution in [0.3, 0.4) is 0 Å². The van der Waals surface area contributed by atoms with Crippen LogP contribution in [0.15, 0.2) is 96.0 Å². The molecule has 0 bridgehead atoms. The lowest BCUT2D eigenvalue weighted by Crippen LogP contribution is -2.30. The average molecular weight is 493 g/mol. The van der Waals surface area contributed by atoms with Gasteiger partial charge in [-0.25, -0.2) is 17.5 Å². The summed E-state index contributed by atoms with van der Waals surface area (Å²) in [7, 11) is -3.82. The van der Waals surface area contributed by atoms with Crippen molar-refractivity contribution in [3.63, 3.8) is 0 Å². The number of rotatable bonds is 10. The van der Waals surface area contributed by atoms with Crippen molar-refractivity contribution in [2.75, 3.05) is 6.54 Å². The van der Waals surface area contributed by atoms with Crippen LogP contribution in [0.2, 0.25) is 0 Å². The first-order valence-corrected chi connectivity index (χ1v) is 12.6. The SMILES string of the molecule is O=C(CCNS(=O)(=O)c1ccc(F)cc1)NCc1cn(Cc2ccccc2)nc1-c1ccccc1. The molecule has 1 amide bonds. The van der Waals surface area contributed by atoms with Gasteiger partial charge < -0.3 is 5.32 Å². The van der Waals surface area contributed by atoms with Crippen LogP contribution < -0.4 is 10.0 Å². The molecule has 3 aromatic carbocycles. The van der Waals surface area contributed by atoms with Crippen LogP contribution in [-0.4, -0.2) is 30.7 Å². The number of halogens is 1. The molecule has 0 aliphatic heterocycles. The smallest absolute Gasteiger partial charge is 0.240 e. The van der Waals surface area contributed by atoms with Crippen LogP contribution in [0.25, 0.3) is 11.3 Å². The molecule has 35 heavy (non-hydrogen) atoms. The number of carbonyl (C=O) groups is 1. The van der Waals surface area contributed by atoms with Gasteiger partial charge in [0.1, 0.15) is 5.82 Å². The number of nitrogens with one attached hydrogen (secondary N) is 2. The average Bonchev–Trinajstić information content (AvgIpc) is 3.26. The molecule has 0 aliphatic carbocycles. The van der Waals surface area contributed by atoms with Gasteiger partial charge in [0.05, 0.1) is 17.1 Å². The van der Waals surface area contributed by atoms with Gasteiger partial charge in [0.2, 0.25) is 15.9 Å². The fourth-order valence-electron chi connectivity index (χ4n) is 3.56. The summed E-state index contributed by atoms with van der Waals surface area (Å²) < 4.78 is 41.8. The van der Waals surface area contributed by atoms with Gasteiger partial charge in [-0.2, -0.15) is 5.10 Å². The zero-order valence-electron chi connectivity index (χ0n) is 18.9. The lowest BCUT2D eigenvalue weighted by Gasteiger charge is -2.08. The number of aromatic nitrogens is 2. The van der Waals surface area contributed by atoms with E-state index in [-0.39, 0.29) is 30.3 Å². The van der Waals surface area contributed by atoms with Gasteiger partial charge in [0, 0.05) is 36.8 Å².